The van der Waals surface area contributed by atoms with Crippen molar-refractivity contribution >= 4 is 11.5 Å². The number of rotatable bonds is 5. The minimum Gasteiger partial charge on any atom is -0.493 e. The van der Waals surface area contributed by atoms with Crippen molar-refractivity contribution in [1.82, 2.24) is 9.97 Å². The molecule has 110 valence electrons. The van der Waals surface area contributed by atoms with Crippen LogP contribution in [0.1, 0.15) is 13.3 Å². The fourth-order valence-corrected chi connectivity index (χ4v) is 1.73. The Balaban J connectivity index is 2.57. The van der Waals surface area contributed by atoms with Gasteiger partial charge in [0.05, 0.1) is 12.2 Å². The molecule has 2 rings (SSSR count). The first kappa shape index (κ1) is 14.6. The highest BCUT2D eigenvalue weighted by Crippen LogP contribution is 2.29. The number of aromatic nitrogens is 2. The predicted molar refractivity (Wildman–Crippen MR) is 75.9 cm³/mol. The molecule has 0 aliphatic rings. The van der Waals surface area contributed by atoms with Crippen LogP contribution in [0.2, 0.25) is 0 Å². The normalized spacial score (nSPS) is 10.4. The van der Waals surface area contributed by atoms with Crippen molar-refractivity contribution in [2.45, 2.75) is 13.3 Å². The number of H-pyrrole nitrogens is 1. The number of nitrogens with two attached hydrogens (primary N) is 1. The first-order valence-corrected chi connectivity index (χ1v) is 6.22. The number of aromatic amines is 1. The number of benzene rings is 1. The van der Waals surface area contributed by atoms with Gasteiger partial charge in [0.1, 0.15) is 17.4 Å². The summed E-state index contributed by atoms with van der Waals surface area (Å²) in [6, 6.07) is 3.83. The Kier molecular flexibility index (Phi) is 4.27. The van der Waals surface area contributed by atoms with E-state index >= 15 is 0 Å². The first-order chi connectivity index (χ1) is 10.1. The summed E-state index contributed by atoms with van der Waals surface area (Å²) in [7, 11) is 0. The number of hydrogen-bond acceptors (Lipinski definition) is 6. The molecule has 21 heavy (non-hydrogen) atoms. The number of nitrogen functional groups attached to an aromatic ring is 1. The van der Waals surface area contributed by atoms with Crippen LogP contribution in [0.25, 0.3) is 11.4 Å². The highest BCUT2D eigenvalue weighted by molar-refractivity contribution is 5.68. The van der Waals surface area contributed by atoms with E-state index in [-0.39, 0.29) is 17.2 Å². The number of nitrogens with one attached hydrogen (secondary N) is 1. The number of nitroso groups, excluding NO2 is 1. The second-order valence-corrected chi connectivity index (χ2v) is 4.23. The van der Waals surface area contributed by atoms with Gasteiger partial charge >= 0.3 is 0 Å². The van der Waals surface area contributed by atoms with Crippen molar-refractivity contribution in [1.29, 1.82) is 0 Å². The maximum atomic E-state index is 13.4. The SMILES string of the molecule is CCCOc1ccc(F)cc1-c1nc(N)c(N=O)c(=O)[nH]1. The van der Waals surface area contributed by atoms with Crippen LogP contribution >= 0.6 is 0 Å². The molecule has 0 amide bonds. The topological polar surface area (TPSA) is 110 Å². The number of hydrogen-bond donors (Lipinski definition) is 2. The molecular weight excluding hydrogens is 279 g/mol. The molecule has 0 atom stereocenters. The Morgan fingerprint density at radius 3 is 2.86 bits per heavy atom. The molecule has 0 aliphatic carbocycles. The van der Waals surface area contributed by atoms with Gasteiger partial charge in [-0.25, -0.2) is 9.37 Å². The number of halogens is 1. The third-order valence-electron chi connectivity index (χ3n) is 2.67. The van der Waals surface area contributed by atoms with E-state index in [0.717, 1.165) is 12.5 Å². The van der Waals surface area contributed by atoms with E-state index in [1.165, 1.54) is 12.1 Å². The lowest BCUT2D eigenvalue weighted by Gasteiger charge is -2.11. The Morgan fingerprint density at radius 2 is 2.24 bits per heavy atom. The van der Waals surface area contributed by atoms with Gasteiger partial charge in [0.2, 0.25) is 5.69 Å². The molecule has 0 fully saturated rings. The lowest BCUT2D eigenvalue weighted by Crippen LogP contribution is -2.12. The average molecular weight is 292 g/mol. The van der Waals surface area contributed by atoms with Crippen LogP contribution in [0.15, 0.2) is 28.2 Å². The van der Waals surface area contributed by atoms with Gasteiger partial charge in [0, 0.05) is 0 Å². The molecule has 0 radical (unpaired) electrons. The van der Waals surface area contributed by atoms with E-state index in [1.54, 1.807) is 0 Å². The molecule has 0 bridgehead atoms. The highest BCUT2D eigenvalue weighted by Gasteiger charge is 2.15. The van der Waals surface area contributed by atoms with E-state index in [2.05, 4.69) is 15.1 Å². The van der Waals surface area contributed by atoms with Gasteiger partial charge in [-0.3, -0.25) is 4.79 Å². The van der Waals surface area contributed by atoms with E-state index in [4.69, 9.17) is 10.5 Å². The number of anilines is 1. The second kappa shape index (κ2) is 6.12. The van der Waals surface area contributed by atoms with Crippen LogP contribution in [0.3, 0.4) is 0 Å². The molecule has 0 unspecified atom stereocenters. The number of ether oxygens (including phenoxy) is 1. The summed E-state index contributed by atoms with van der Waals surface area (Å²) in [6.45, 7) is 2.35. The third-order valence-corrected chi connectivity index (χ3v) is 2.67. The van der Waals surface area contributed by atoms with Crippen molar-refractivity contribution in [3.63, 3.8) is 0 Å². The fraction of sp³-hybridized carbons (Fsp3) is 0.231. The summed E-state index contributed by atoms with van der Waals surface area (Å²) in [4.78, 5) is 28.4. The second-order valence-electron chi connectivity index (χ2n) is 4.23. The summed E-state index contributed by atoms with van der Waals surface area (Å²) in [6.07, 6.45) is 0.761. The minimum atomic E-state index is -0.793. The Bertz CT molecular complexity index is 730. The molecule has 1 aromatic heterocycles. The molecule has 0 saturated heterocycles. The highest BCUT2D eigenvalue weighted by atomic mass is 19.1. The maximum absolute atomic E-state index is 13.4. The smallest absolute Gasteiger partial charge is 0.282 e. The van der Waals surface area contributed by atoms with Crippen molar-refractivity contribution in [2.75, 3.05) is 12.3 Å². The molecule has 0 aliphatic heterocycles. The summed E-state index contributed by atoms with van der Waals surface area (Å²) >= 11 is 0. The Morgan fingerprint density at radius 1 is 1.48 bits per heavy atom. The molecule has 0 saturated carbocycles. The zero-order chi connectivity index (χ0) is 15.4. The molecular formula is C13H13FN4O3. The van der Waals surface area contributed by atoms with Gasteiger partial charge in [-0.05, 0) is 29.8 Å². The minimum absolute atomic E-state index is 0.00973. The van der Waals surface area contributed by atoms with E-state index in [1.807, 2.05) is 6.92 Å². The van der Waals surface area contributed by atoms with Crippen LogP contribution in [0.5, 0.6) is 5.75 Å². The Labute approximate surface area is 118 Å². The van der Waals surface area contributed by atoms with Crippen LogP contribution in [-0.4, -0.2) is 16.6 Å². The average Bonchev–Trinajstić information content (AvgIpc) is 2.45. The third kappa shape index (κ3) is 3.04. The van der Waals surface area contributed by atoms with Crippen molar-refractivity contribution in [3.8, 4) is 17.1 Å². The van der Waals surface area contributed by atoms with Crippen molar-refractivity contribution < 1.29 is 9.13 Å². The lowest BCUT2D eigenvalue weighted by atomic mass is 10.1. The van der Waals surface area contributed by atoms with Crippen LogP contribution in [-0.2, 0) is 0 Å². The predicted octanol–water partition coefficient (Wildman–Crippen LogP) is 2.34. The molecule has 7 nitrogen and oxygen atoms in total. The molecule has 8 heteroatoms. The molecule has 1 aromatic carbocycles. The van der Waals surface area contributed by atoms with Crippen LogP contribution in [0.4, 0.5) is 15.9 Å². The Hall–Kier alpha value is -2.77. The van der Waals surface area contributed by atoms with Crippen molar-refractivity contribution in [3.05, 3.63) is 39.3 Å². The van der Waals surface area contributed by atoms with Crippen LogP contribution < -0.4 is 16.0 Å². The first-order valence-electron chi connectivity index (χ1n) is 6.22. The van der Waals surface area contributed by atoms with Gasteiger partial charge in [-0.15, -0.1) is 4.91 Å². The summed E-state index contributed by atoms with van der Waals surface area (Å²) in [5.74, 6) is -0.481. The molecule has 3 N–H and O–H groups in total. The van der Waals surface area contributed by atoms with Gasteiger partial charge in [0.25, 0.3) is 5.56 Å². The standard InChI is InChI=1S/C13H13FN4O3/c1-2-5-21-9-4-3-7(14)6-8(9)12-16-11(15)10(18-20)13(19)17-12/h3-4,6H,2,5H2,1H3,(H3,15,16,17,19). The van der Waals surface area contributed by atoms with Gasteiger partial charge in [-0.1, -0.05) is 6.92 Å². The monoisotopic (exact) mass is 292 g/mol. The summed E-state index contributed by atoms with van der Waals surface area (Å²) in [5, 5.41) is 2.51. The van der Waals surface area contributed by atoms with Crippen molar-refractivity contribution in [2.24, 2.45) is 5.18 Å². The van der Waals surface area contributed by atoms with Gasteiger partial charge in [0.15, 0.2) is 5.82 Å². The number of nitrogens with zero attached hydrogens (tertiary/aromatic N) is 2. The lowest BCUT2D eigenvalue weighted by molar-refractivity contribution is 0.318. The fourth-order valence-electron chi connectivity index (χ4n) is 1.73. The zero-order valence-corrected chi connectivity index (χ0v) is 11.2. The molecule has 2 aromatic rings. The van der Waals surface area contributed by atoms with E-state index in [9.17, 15) is 14.1 Å². The zero-order valence-electron chi connectivity index (χ0n) is 11.2. The molecule has 0 spiro atoms. The quantitative estimate of drug-likeness (QED) is 0.822. The maximum Gasteiger partial charge on any atom is 0.282 e. The molecule has 1 heterocycles. The van der Waals surface area contributed by atoms with E-state index in [0.29, 0.717) is 12.4 Å². The van der Waals surface area contributed by atoms with Gasteiger partial charge < -0.3 is 15.5 Å². The largest absolute Gasteiger partial charge is 0.493 e. The van der Waals surface area contributed by atoms with Gasteiger partial charge in [-0.2, -0.15) is 0 Å². The summed E-state index contributed by atoms with van der Waals surface area (Å²) in [5.41, 5.74) is 4.44. The summed E-state index contributed by atoms with van der Waals surface area (Å²) < 4.78 is 18.9. The van der Waals surface area contributed by atoms with E-state index < -0.39 is 17.1 Å². The van der Waals surface area contributed by atoms with Crippen LogP contribution in [0, 0.1) is 10.7 Å².